The number of alkyl halides is 4. The minimum Gasteiger partial charge on any atom is -0.274 e. The zero-order chi connectivity index (χ0) is 15.1. The number of halogens is 4. The maximum absolute atomic E-state index is 11.9. The lowest BCUT2D eigenvalue weighted by molar-refractivity contribution is 0.164. The predicted octanol–water partition coefficient (Wildman–Crippen LogP) is 6.38. The van der Waals surface area contributed by atoms with Gasteiger partial charge in [0.1, 0.15) is 9.55 Å². The fraction of sp³-hybridized carbons (Fsp3) is 0.923. The molecule has 0 saturated heterocycles. The van der Waals surface area contributed by atoms with E-state index in [-0.39, 0.29) is 14.7 Å². The van der Waals surface area contributed by atoms with E-state index in [1.807, 2.05) is 0 Å². The van der Waals surface area contributed by atoms with Crippen molar-refractivity contribution < 1.29 is 4.79 Å². The third kappa shape index (κ3) is 3.23. The lowest BCUT2D eigenvalue weighted by Gasteiger charge is -2.45. The van der Waals surface area contributed by atoms with Crippen molar-refractivity contribution >= 4 is 74.4 Å². The lowest BCUT2D eigenvalue weighted by Crippen LogP contribution is -2.46. The summed E-state index contributed by atoms with van der Waals surface area (Å²) in [6.07, 6.45) is 3.65. The Bertz CT molecular complexity index is 391. The highest BCUT2D eigenvalue weighted by Crippen LogP contribution is 2.65. The van der Waals surface area contributed by atoms with Gasteiger partial charge in [0.15, 0.2) is 0 Å². The quantitative estimate of drug-likeness (QED) is 0.514. The van der Waals surface area contributed by atoms with Crippen molar-refractivity contribution in [3.63, 3.8) is 0 Å². The van der Waals surface area contributed by atoms with Gasteiger partial charge in [0.25, 0.3) is 0 Å². The van der Waals surface area contributed by atoms with Crippen LogP contribution >= 0.6 is 69.9 Å². The first-order valence-corrected chi connectivity index (χ1v) is 10.2. The Morgan fingerprint density at radius 2 is 1.85 bits per heavy atom. The molecule has 2 aliphatic rings. The molecule has 2 rings (SSSR count). The molecule has 0 N–H and O–H groups in total. The fourth-order valence-corrected chi connectivity index (χ4v) is 6.77. The molecule has 1 nitrogen and oxygen atoms in total. The number of carbonyl (C=O) groups excluding carboxylic acids is 1. The second-order valence-corrected chi connectivity index (χ2v) is 11.0. The number of rotatable bonds is 4. The van der Waals surface area contributed by atoms with E-state index in [1.165, 1.54) is 31.0 Å². The molecule has 4 atom stereocenters. The van der Waals surface area contributed by atoms with E-state index in [0.717, 1.165) is 11.8 Å². The van der Waals surface area contributed by atoms with Crippen molar-refractivity contribution in [3.05, 3.63) is 0 Å². The van der Waals surface area contributed by atoms with Crippen molar-refractivity contribution in [2.24, 2.45) is 17.3 Å². The predicted molar refractivity (Wildman–Crippen MR) is 93.8 cm³/mol. The zero-order valence-electron chi connectivity index (χ0n) is 11.4. The van der Waals surface area contributed by atoms with Crippen molar-refractivity contribution in [2.45, 2.75) is 47.5 Å². The highest BCUT2D eigenvalue weighted by atomic mass is 35.5. The number of fused-ring (bicyclic) bond motifs is 2. The van der Waals surface area contributed by atoms with Crippen LogP contribution in [0.3, 0.4) is 0 Å². The van der Waals surface area contributed by atoms with E-state index >= 15 is 0 Å². The largest absolute Gasteiger partial charge is 0.274 e. The maximum Gasteiger partial charge on any atom is 0.247 e. The highest BCUT2D eigenvalue weighted by Gasteiger charge is 2.61. The molecule has 0 aliphatic heterocycles. The van der Waals surface area contributed by atoms with Gasteiger partial charge in [0, 0.05) is 5.75 Å². The van der Waals surface area contributed by atoms with Crippen LogP contribution in [0.15, 0.2) is 0 Å². The maximum atomic E-state index is 11.9. The van der Waals surface area contributed by atoms with Gasteiger partial charge in [-0.05, 0) is 36.5 Å². The van der Waals surface area contributed by atoms with Gasteiger partial charge in [-0.15, -0.1) is 46.4 Å². The number of hydrogen-bond donors (Lipinski definition) is 0. The van der Waals surface area contributed by atoms with Gasteiger partial charge in [-0.25, -0.2) is 0 Å². The summed E-state index contributed by atoms with van der Waals surface area (Å²) in [4.78, 5) is 10.9. The summed E-state index contributed by atoms with van der Waals surface area (Å²) in [5.74, 6) is 1.84. The van der Waals surface area contributed by atoms with Crippen LogP contribution in [0, 0.1) is 17.3 Å². The highest BCUT2D eigenvalue weighted by molar-refractivity contribution is 8.39. The van der Waals surface area contributed by atoms with E-state index in [9.17, 15) is 4.79 Å². The topological polar surface area (TPSA) is 17.1 Å². The number of carbonyl (C=O) groups is 1. The minimum atomic E-state index is -0.755. The van der Waals surface area contributed by atoms with E-state index in [4.69, 9.17) is 46.4 Å². The average molecular weight is 396 g/mol. The monoisotopic (exact) mass is 394 g/mol. The first-order valence-electron chi connectivity index (χ1n) is 6.63. The van der Waals surface area contributed by atoms with Crippen molar-refractivity contribution in [1.29, 1.82) is 0 Å². The van der Waals surface area contributed by atoms with Gasteiger partial charge in [-0.3, -0.25) is 4.79 Å². The van der Waals surface area contributed by atoms with Gasteiger partial charge in [0.2, 0.25) is 4.45 Å². The molecule has 0 aromatic carbocycles. The Labute approximate surface area is 149 Å². The smallest absolute Gasteiger partial charge is 0.247 e. The molecule has 2 bridgehead atoms. The molecule has 0 radical (unpaired) electrons. The summed E-state index contributed by atoms with van der Waals surface area (Å²) in [5.41, 5.74) is 0.0806. The van der Waals surface area contributed by atoms with Crippen LogP contribution in [-0.2, 0) is 0 Å². The van der Waals surface area contributed by atoms with Gasteiger partial charge in [-0.2, -0.15) is 0 Å². The fourth-order valence-electron chi connectivity index (χ4n) is 3.56. The first-order chi connectivity index (χ1) is 9.18. The van der Waals surface area contributed by atoms with E-state index in [1.54, 1.807) is 0 Å². The first kappa shape index (κ1) is 17.9. The zero-order valence-corrected chi connectivity index (χ0v) is 16.0. The van der Waals surface area contributed by atoms with Crippen LogP contribution in [-0.4, -0.2) is 24.6 Å². The second-order valence-electron chi connectivity index (χ2n) is 6.13. The van der Waals surface area contributed by atoms with Gasteiger partial charge < -0.3 is 0 Å². The average Bonchev–Trinajstić information content (AvgIpc) is 2.90. The molecule has 2 fully saturated rings. The minimum absolute atomic E-state index is 0.0603. The van der Waals surface area contributed by atoms with E-state index in [0.29, 0.717) is 17.6 Å². The van der Waals surface area contributed by atoms with Crippen LogP contribution < -0.4 is 0 Å². The van der Waals surface area contributed by atoms with Gasteiger partial charge >= 0.3 is 0 Å². The Morgan fingerprint density at radius 3 is 2.35 bits per heavy atom. The van der Waals surface area contributed by atoms with Crippen LogP contribution in [0.2, 0.25) is 0 Å². The Morgan fingerprint density at radius 1 is 1.25 bits per heavy atom. The molecule has 2 aliphatic carbocycles. The molecule has 116 valence electrons. The SMILES string of the molecule is CC1(C)[C@@H]2CC[C@H](C2)[C@]1(Cl)CSC(=O)S[C@H](Cl)C(Cl)Cl. The van der Waals surface area contributed by atoms with Crippen LogP contribution in [0.1, 0.15) is 33.1 Å². The summed E-state index contributed by atoms with van der Waals surface area (Å²) >= 11 is 26.4. The van der Waals surface area contributed by atoms with Crippen molar-refractivity contribution in [3.8, 4) is 0 Å². The Kier molecular flexibility index (Phi) is 5.87. The summed E-state index contributed by atoms with van der Waals surface area (Å²) in [6, 6.07) is 0. The molecule has 0 aromatic heterocycles. The standard InChI is InChI=1S/C13H18Cl4OS2/c1-12(2)7-3-4-8(5-7)13(12,17)6-19-11(18)20-10(16)9(14)15/h7-10H,3-6H2,1-2H3/t7-,8-,10+,13-/m1/s1. The molecule has 0 aromatic rings. The molecule has 0 spiro atoms. The molecule has 0 amide bonds. The third-order valence-corrected chi connectivity index (χ3v) is 9.81. The van der Waals surface area contributed by atoms with Crippen LogP contribution in [0.4, 0.5) is 4.79 Å². The lowest BCUT2D eigenvalue weighted by atomic mass is 9.69. The molecule has 7 heteroatoms. The summed E-state index contributed by atoms with van der Waals surface area (Å²) in [7, 11) is 0. The Hall–Kier alpha value is 1.53. The summed E-state index contributed by atoms with van der Waals surface area (Å²) in [5, 5.41) is 0. The Balaban J connectivity index is 1.92. The number of thioether (sulfide) groups is 2. The van der Waals surface area contributed by atoms with Crippen molar-refractivity contribution in [1.82, 2.24) is 0 Å². The van der Waals surface area contributed by atoms with Gasteiger partial charge in [-0.1, -0.05) is 37.4 Å². The summed E-state index contributed by atoms with van der Waals surface area (Å²) in [6.45, 7) is 4.47. The van der Waals surface area contributed by atoms with E-state index < -0.39 is 9.55 Å². The molecule has 0 unspecified atom stereocenters. The molecule has 2 saturated carbocycles. The van der Waals surface area contributed by atoms with Crippen molar-refractivity contribution in [2.75, 3.05) is 5.75 Å². The molecular weight excluding hydrogens is 378 g/mol. The molecular formula is C13H18Cl4OS2. The second kappa shape index (κ2) is 6.57. The van der Waals surface area contributed by atoms with Crippen LogP contribution in [0.5, 0.6) is 0 Å². The van der Waals surface area contributed by atoms with Gasteiger partial charge in [0.05, 0.1) is 4.87 Å². The normalized spacial score (nSPS) is 36.5. The molecule has 0 heterocycles. The summed E-state index contributed by atoms with van der Waals surface area (Å²) < 4.78 is -0.674. The van der Waals surface area contributed by atoms with E-state index in [2.05, 4.69) is 13.8 Å². The van der Waals surface area contributed by atoms with Crippen LogP contribution in [0.25, 0.3) is 0 Å². The third-order valence-electron chi connectivity index (χ3n) is 4.98. The number of hydrogen-bond acceptors (Lipinski definition) is 3. The molecule has 20 heavy (non-hydrogen) atoms.